The SMILES string of the molecule is Cc1ccc(CN2CCN(c3c(C#N)c(=O)n(C)c4ccc(C#N)nc34)C[C@H]2C)cc1. The van der Waals surface area contributed by atoms with Gasteiger partial charge in [0.25, 0.3) is 5.56 Å². The van der Waals surface area contributed by atoms with E-state index in [1.165, 1.54) is 15.7 Å². The summed E-state index contributed by atoms with van der Waals surface area (Å²) in [5.41, 5.74) is 4.20. The van der Waals surface area contributed by atoms with Crippen LogP contribution in [-0.4, -0.2) is 40.1 Å². The molecule has 1 saturated heterocycles. The summed E-state index contributed by atoms with van der Waals surface area (Å²) in [6, 6.07) is 16.3. The lowest BCUT2D eigenvalue weighted by Crippen LogP contribution is -2.52. The Morgan fingerprint density at radius 2 is 1.84 bits per heavy atom. The molecule has 156 valence electrons. The van der Waals surface area contributed by atoms with E-state index in [9.17, 15) is 15.3 Å². The standard InChI is InChI=1S/C24H24N6O/c1-16-4-6-18(7-5-16)15-29-10-11-30(14-17(29)2)23-20(13-26)24(31)28(3)21-9-8-19(12-25)27-22(21)23/h4-9,17H,10-11,14-15H2,1-3H3/t17-/m1/s1. The normalized spacial score (nSPS) is 16.8. The van der Waals surface area contributed by atoms with Crippen molar-refractivity contribution in [2.75, 3.05) is 24.5 Å². The van der Waals surface area contributed by atoms with Gasteiger partial charge < -0.3 is 9.47 Å². The van der Waals surface area contributed by atoms with Crippen LogP contribution in [0, 0.1) is 29.6 Å². The van der Waals surface area contributed by atoms with Gasteiger partial charge in [-0.2, -0.15) is 10.5 Å². The number of anilines is 1. The molecule has 1 atom stereocenters. The van der Waals surface area contributed by atoms with Crippen molar-refractivity contribution in [2.45, 2.75) is 26.4 Å². The summed E-state index contributed by atoms with van der Waals surface area (Å²) in [4.78, 5) is 21.8. The predicted molar refractivity (Wildman–Crippen MR) is 120 cm³/mol. The lowest BCUT2D eigenvalue weighted by Gasteiger charge is -2.41. The second-order valence-corrected chi connectivity index (χ2v) is 8.13. The number of pyridine rings is 2. The first-order chi connectivity index (χ1) is 14.9. The highest BCUT2D eigenvalue weighted by Crippen LogP contribution is 2.29. The molecule has 1 aliphatic rings. The Labute approximate surface area is 181 Å². The van der Waals surface area contributed by atoms with Gasteiger partial charge in [0, 0.05) is 39.3 Å². The van der Waals surface area contributed by atoms with E-state index in [4.69, 9.17) is 0 Å². The molecular weight excluding hydrogens is 388 g/mol. The van der Waals surface area contributed by atoms with E-state index in [2.05, 4.69) is 65.0 Å². The van der Waals surface area contributed by atoms with Crippen LogP contribution in [-0.2, 0) is 13.6 Å². The lowest BCUT2D eigenvalue weighted by molar-refractivity contribution is 0.181. The van der Waals surface area contributed by atoms with E-state index in [1.807, 2.05) is 0 Å². The summed E-state index contributed by atoms with van der Waals surface area (Å²) in [6.07, 6.45) is 0. The molecule has 31 heavy (non-hydrogen) atoms. The minimum Gasteiger partial charge on any atom is -0.366 e. The first-order valence-corrected chi connectivity index (χ1v) is 10.3. The van der Waals surface area contributed by atoms with Gasteiger partial charge in [0.2, 0.25) is 0 Å². The summed E-state index contributed by atoms with van der Waals surface area (Å²) in [7, 11) is 1.63. The number of hydrogen-bond acceptors (Lipinski definition) is 6. The molecule has 1 aliphatic heterocycles. The number of piperazine rings is 1. The van der Waals surface area contributed by atoms with Crippen LogP contribution >= 0.6 is 0 Å². The minimum absolute atomic E-state index is 0.0803. The van der Waals surface area contributed by atoms with E-state index in [0.29, 0.717) is 29.8 Å². The van der Waals surface area contributed by atoms with Crippen molar-refractivity contribution in [1.82, 2.24) is 14.5 Å². The molecule has 0 aliphatic carbocycles. The monoisotopic (exact) mass is 412 g/mol. The second-order valence-electron chi connectivity index (χ2n) is 8.13. The summed E-state index contributed by atoms with van der Waals surface area (Å²) in [5, 5.41) is 19.1. The maximum Gasteiger partial charge on any atom is 0.270 e. The van der Waals surface area contributed by atoms with Crippen LogP contribution in [0.1, 0.15) is 29.3 Å². The van der Waals surface area contributed by atoms with Gasteiger partial charge in [-0.25, -0.2) is 4.98 Å². The number of aryl methyl sites for hydroxylation is 2. The molecule has 1 fully saturated rings. The van der Waals surface area contributed by atoms with E-state index in [-0.39, 0.29) is 22.9 Å². The van der Waals surface area contributed by atoms with Gasteiger partial charge in [-0.15, -0.1) is 0 Å². The average molecular weight is 412 g/mol. The highest BCUT2D eigenvalue weighted by Gasteiger charge is 2.29. The van der Waals surface area contributed by atoms with Crippen LogP contribution in [0.4, 0.5) is 5.69 Å². The van der Waals surface area contributed by atoms with Gasteiger partial charge in [-0.3, -0.25) is 9.69 Å². The number of nitriles is 2. The number of rotatable bonds is 3. The fraction of sp³-hybridized carbons (Fsp3) is 0.333. The smallest absolute Gasteiger partial charge is 0.270 e. The number of nitrogens with zero attached hydrogens (tertiary/aromatic N) is 6. The fourth-order valence-corrected chi connectivity index (χ4v) is 4.23. The molecule has 0 radical (unpaired) electrons. The Morgan fingerprint density at radius 1 is 1.10 bits per heavy atom. The highest BCUT2D eigenvalue weighted by molar-refractivity contribution is 5.92. The van der Waals surface area contributed by atoms with Gasteiger partial charge in [0.05, 0.1) is 11.2 Å². The molecule has 0 saturated carbocycles. The topological polar surface area (TPSA) is 89.0 Å². The van der Waals surface area contributed by atoms with Gasteiger partial charge in [-0.1, -0.05) is 29.8 Å². The molecule has 0 bridgehead atoms. The number of aromatic nitrogens is 2. The molecule has 4 rings (SSSR count). The van der Waals surface area contributed by atoms with Crippen LogP contribution in [0.3, 0.4) is 0 Å². The summed E-state index contributed by atoms with van der Waals surface area (Å²) in [5.74, 6) is 0. The Balaban J connectivity index is 1.70. The maximum atomic E-state index is 12.9. The second kappa shape index (κ2) is 8.22. The summed E-state index contributed by atoms with van der Waals surface area (Å²) >= 11 is 0. The Morgan fingerprint density at radius 3 is 2.48 bits per heavy atom. The van der Waals surface area contributed by atoms with Crippen molar-refractivity contribution >= 4 is 16.7 Å². The number of fused-ring (bicyclic) bond motifs is 1. The van der Waals surface area contributed by atoms with Crippen LogP contribution in [0.2, 0.25) is 0 Å². The summed E-state index contributed by atoms with van der Waals surface area (Å²) in [6.45, 7) is 7.23. The molecule has 0 spiro atoms. The average Bonchev–Trinajstić information content (AvgIpc) is 2.78. The quantitative estimate of drug-likeness (QED) is 0.657. The molecule has 0 amide bonds. The predicted octanol–water partition coefficient (Wildman–Crippen LogP) is 2.70. The van der Waals surface area contributed by atoms with E-state index < -0.39 is 0 Å². The number of benzene rings is 1. The molecule has 7 nitrogen and oxygen atoms in total. The van der Waals surface area contributed by atoms with E-state index in [1.54, 1.807) is 19.2 Å². The van der Waals surface area contributed by atoms with Crippen LogP contribution in [0.5, 0.6) is 0 Å². The van der Waals surface area contributed by atoms with Gasteiger partial charge in [0.1, 0.15) is 28.9 Å². The van der Waals surface area contributed by atoms with E-state index >= 15 is 0 Å². The van der Waals surface area contributed by atoms with Crippen LogP contribution < -0.4 is 10.5 Å². The van der Waals surface area contributed by atoms with Gasteiger partial charge in [0.15, 0.2) is 0 Å². The third-order valence-electron chi connectivity index (χ3n) is 6.03. The minimum atomic E-state index is -0.341. The highest BCUT2D eigenvalue weighted by atomic mass is 16.1. The van der Waals surface area contributed by atoms with Gasteiger partial charge in [-0.05, 0) is 31.5 Å². The van der Waals surface area contributed by atoms with Crippen molar-refractivity contribution in [3.63, 3.8) is 0 Å². The number of hydrogen-bond donors (Lipinski definition) is 0. The molecule has 7 heteroatoms. The Kier molecular flexibility index (Phi) is 5.46. The Bertz CT molecular complexity index is 1280. The molecule has 3 heterocycles. The molecule has 2 aromatic heterocycles. The zero-order valence-corrected chi connectivity index (χ0v) is 18.0. The molecular formula is C24H24N6O. The Hall–Kier alpha value is -3.68. The zero-order chi connectivity index (χ0) is 22.1. The molecule has 0 N–H and O–H groups in total. The van der Waals surface area contributed by atoms with Gasteiger partial charge >= 0.3 is 0 Å². The first kappa shape index (κ1) is 20.6. The maximum absolute atomic E-state index is 12.9. The third kappa shape index (κ3) is 3.76. The lowest BCUT2D eigenvalue weighted by atomic mass is 10.1. The fourth-order valence-electron chi connectivity index (χ4n) is 4.23. The zero-order valence-electron chi connectivity index (χ0n) is 18.0. The van der Waals surface area contributed by atoms with Crippen molar-refractivity contribution in [3.05, 3.63) is 69.1 Å². The van der Waals surface area contributed by atoms with Crippen molar-refractivity contribution in [1.29, 1.82) is 10.5 Å². The third-order valence-corrected chi connectivity index (χ3v) is 6.03. The largest absolute Gasteiger partial charge is 0.366 e. The first-order valence-electron chi connectivity index (χ1n) is 10.3. The van der Waals surface area contributed by atoms with Crippen molar-refractivity contribution < 1.29 is 0 Å². The van der Waals surface area contributed by atoms with E-state index in [0.717, 1.165) is 13.1 Å². The summed E-state index contributed by atoms with van der Waals surface area (Å²) < 4.78 is 1.43. The molecule has 3 aromatic rings. The molecule has 0 unspecified atom stereocenters. The van der Waals surface area contributed by atoms with Crippen molar-refractivity contribution in [3.8, 4) is 12.1 Å². The van der Waals surface area contributed by atoms with Crippen LogP contribution in [0.15, 0.2) is 41.2 Å². The molecule has 1 aromatic carbocycles. The van der Waals surface area contributed by atoms with Crippen LogP contribution in [0.25, 0.3) is 11.0 Å². The van der Waals surface area contributed by atoms with Crippen molar-refractivity contribution in [2.24, 2.45) is 7.05 Å².